The molecule has 0 bridgehead atoms. The molecule has 0 unspecified atom stereocenters. The van der Waals surface area contributed by atoms with Gasteiger partial charge in [-0.2, -0.15) is 0 Å². The molecular weight excluding hydrogens is 442 g/mol. The lowest BCUT2D eigenvalue weighted by Crippen LogP contribution is -2.29. The van der Waals surface area contributed by atoms with Crippen molar-refractivity contribution in [3.05, 3.63) is 58.5 Å². The summed E-state index contributed by atoms with van der Waals surface area (Å²) in [5.74, 6) is 0.356. The third-order valence-electron chi connectivity index (χ3n) is 5.96. The molecule has 0 radical (unpaired) electrons. The van der Waals surface area contributed by atoms with Gasteiger partial charge in [-0.25, -0.2) is 15.0 Å². The Morgan fingerprint density at radius 2 is 1.94 bits per heavy atom. The molecule has 1 amide bonds. The predicted molar refractivity (Wildman–Crippen MR) is 125 cm³/mol. The van der Waals surface area contributed by atoms with Crippen molar-refractivity contribution in [2.24, 2.45) is 10.9 Å². The number of benzene rings is 1. The monoisotopic (exact) mass is 461 g/mol. The van der Waals surface area contributed by atoms with Gasteiger partial charge in [0.2, 0.25) is 11.0 Å². The van der Waals surface area contributed by atoms with E-state index >= 15 is 0 Å². The maximum atomic E-state index is 12.5. The van der Waals surface area contributed by atoms with E-state index in [1.54, 1.807) is 0 Å². The Bertz CT molecular complexity index is 1460. The third kappa shape index (κ3) is 3.75. The number of amides is 1. The number of halogens is 1. The Balaban J connectivity index is 1.35. The number of carbonyl (C=O) groups is 1. The molecule has 2 aliphatic rings. The van der Waals surface area contributed by atoms with Crippen LogP contribution in [0.3, 0.4) is 0 Å². The van der Waals surface area contributed by atoms with Crippen molar-refractivity contribution in [2.75, 3.05) is 25.1 Å². The zero-order chi connectivity index (χ0) is 22.5. The molecule has 5 heterocycles. The van der Waals surface area contributed by atoms with Gasteiger partial charge >= 0.3 is 5.91 Å². The topological polar surface area (TPSA) is 102 Å². The van der Waals surface area contributed by atoms with Gasteiger partial charge in [0, 0.05) is 34.8 Å². The molecular formula is C24H20ClN5O3. The van der Waals surface area contributed by atoms with Crippen molar-refractivity contribution < 1.29 is 13.9 Å². The van der Waals surface area contributed by atoms with E-state index in [0.717, 1.165) is 53.0 Å². The van der Waals surface area contributed by atoms with E-state index in [9.17, 15) is 4.79 Å². The molecule has 1 N–H and O–H groups in total. The molecule has 0 aliphatic carbocycles. The fourth-order valence-corrected chi connectivity index (χ4v) is 4.56. The smallest absolute Gasteiger partial charge is 0.314 e. The van der Waals surface area contributed by atoms with Crippen LogP contribution in [0, 0.1) is 5.92 Å². The zero-order valence-corrected chi connectivity index (χ0v) is 18.6. The summed E-state index contributed by atoms with van der Waals surface area (Å²) < 4.78 is 11.1. The number of aromatic nitrogens is 3. The van der Waals surface area contributed by atoms with Crippen molar-refractivity contribution in [1.29, 1.82) is 0 Å². The molecule has 2 aliphatic heterocycles. The number of carbonyl (C=O) groups excluding carboxylic acids is 1. The van der Waals surface area contributed by atoms with Crippen molar-refractivity contribution in [3.63, 3.8) is 0 Å². The van der Waals surface area contributed by atoms with Gasteiger partial charge in [0.25, 0.3) is 0 Å². The van der Waals surface area contributed by atoms with E-state index in [1.807, 2.05) is 37.3 Å². The number of nitrogens with one attached hydrogen (secondary N) is 1. The molecule has 6 rings (SSSR count). The Labute approximate surface area is 194 Å². The standard InChI is InChI=1S/C24H20ClN5O3/c1-12-9-26-21-20-17-3-2-14(28-18(17)4-5-19(20)33-22(21)23(31)27-12)7-16-8-15(29-24(25)30-16)6-13-10-32-11-13/h2-5,8,13,26H,6-7,9-11H2,1H3. The van der Waals surface area contributed by atoms with Crippen LogP contribution in [-0.2, 0) is 17.6 Å². The van der Waals surface area contributed by atoms with E-state index in [1.165, 1.54) is 0 Å². The Morgan fingerprint density at radius 1 is 1.09 bits per heavy atom. The summed E-state index contributed by atoms with van der Waals surface area (Å²) in [4.78, 5) is 30.1. The number of pyridine rings is 1. The average molecular weight is 462 g/mol. The number of rotatable bonds is 4. The lowest BCUT2D eigenvalue weighted by Gasteiger charge is -2.25. The van der Waals surface area contributed by atoms with Crippen LogP contribution in [0.25, 0.3) is 21.9 Å². The molecule has 166 valence electrons. The third-order valence-corrected chi connectivity index (χ3v) is 6.13. The van der Waals surface area contributed by atoms with E-state index in [4.69, 9.17) is 25.7 Å². The summed E-state index contributed by atoms with van der Waals surface area (Å²) in [5, 5.41) is 5.30. The van der Waals surface area contributed by atoms with Gasteiger partial charge in [-0.3, -0.25) is 9.78 Å². The van der Waals surface area contributed by atoms with Gasteiger partial charge in [0.1, 0.15) is 5.58 Å². The maximum absolute atomic E-state index is 12.5. The highest BCUT2D eigenvalue weighted by molar-refractivity contribution is 6.28. The van der Waals surface area contributed by atoms with E-state index < -0.39 is 0 Å². The second-order valence-electron chi connectivity index (χ2n) is 8.52. The van der Waals surface area contributed by atoms with Gasteiger partial charge in [-0.15, -0.1) is 0 Å². The van der Waals surface area contributed by atoms with E-state index in [-0.39, 0.29) is 17.0 Å². The molecule has 3 aromatic heterocycles. The van der Waals surface area contributed by atoms with E-state index in [2.05, 4.69) is 20.3 Å². The quantitative estimate of drug-likeness (QED) is 0.453. The first-order valence-electron chi connectivity index (χ1n) is 10.8. The number of hydrogen-bond donors (Lipinski definition) is 1. The molecule has 0 atom stereocenters. The Morgan fingerprint density at radius 3 is 2.76 bits per heavy atom. The first-order valence-corrected chi connectivity index (χ1v) is 11.2. The fourth-order valence-electron chi connectivity index (χ4n) is 4.34. The maximum Gasteiger partial charge on any atom is 0.314 e. The number of furan rings is 1. The van der Waals surface area contributed by atoms with E-state index in [0.29, 0.717) is 35.9 Å². The SMILES string of the molecule is CC1=NC(=O)c2oc3ccc4nc(Cc5cc(CC6COC6)nc(Cl)n5)ccc4c3c2NC1. The van der Waals surface area contributed by atoms with Crippen LogP contribution in [0.4, 0.5) is 5.69 Å². The van der Waals surface area contributed by atoms with Gasteiger partial charge in [-0.05, 0) is 49.2 Å². The number of fused-ring (bicyclic) bond motifs is 5. The van der Waals surface area contributed by atoms with Crippen LogP contribution in [0.5, 0.6) is 0 Å². The number of aliphatic imine (C=N–C) groups is 1. The predicted octanol–water partition coefficient (Wildman–Crippen LogP) is 4.23. The molecule has 33 heavy (non-hydrogen) atoms. The summed E-state index contributed by atoms with van der Waals surface area (Å²) in [6, 6.07) is 9.72. The molecule has 8 nitrogen and oxygen atoms in total. The first-order chi connectivity index (χ1) is 16.0. The normalized spacial score (nSPS) is 16.3. The number of ether oxygens (including phenoxy) is 1. The first kappa shape index (κ1) is 20.3. The highest BCUT2D eigenvalue weighted by Crippen LogP contribution is 2.37. The lowest BCUT2D eigenvalue weighted by molar-refractivity contribution is -0.0316. The second kappa shape index (κ2) is 7.90. The van der Waals surface area contributed by atoms with Crippen molar-refractivity contribution in [1.82, 2.24) is 15.0 Å². The molecule has 1 saturated heterocycles. The summed E-state index contributed by atoms with van der Waals surface area (Å²) in [6.45, 7) is 3.83. The van der Waals surface area contributed by atoms with Gasteiger partial charge < -0.3 is 14.5 Å². The summed E-state index contributed by atoms with van der Waals surface area (Å²) >= 11 is 6.18. The van der Waals surface area contributed by atoms with Gasteiger partial charge in [0.15, 0.2) is 0 Å². The minimum atomic E-state index is -0.369. The highest BCUT2D eigenvalue weighted by atomic mass is 35.5. The lowest BCUT2D eigenvalue weighted by atomic mass is 10.0. The average Bonchev–Trinajstić information content (AvgIpc) is 3.07. The summed E-state index contributed by atoms with van der Waals surface area (Å²) in [7, 11) is 0. The highest BCUT2D eigenvalue weighted by Gasteiger charge is 2.25. The number of nitrogens with zero attached hydrogens (tertiary/aromatic N) is 4. The molecule has 9 heteroatoms. The largest absolute Gasteiger partial charge is 0.449 e. The van der Waals surface area contributed by atoms with Crippen LogP contribution in [0.2, 0.25) is 5.28 Å². The van der Waals surface area contributed by atoms with Crippen molar-refractivity contribution in [3.8, 4) is 0 Å². The van der Waals surface area contributed by atoms with Gasteiger partial charge in [0.05, 0.1) is 42.0 Å². The van der Waals surface area contributed by atoms with Crippen molar-refractivity contribution >= 4 is 50.8 Å². The van der Waals surface area contributed by atoms with Crippen LogP contribution in [-0.4, -0.2) is 46.3 Å². The van der Waals surface area contributed by atoms with Crippen LogP contribution in [0.1, 0.15) is 34.6 Å². The molecule has 1 fully saturated rings. The Kier molecular flexibility index (Phi) is 4.85. The number of anilines is 1. The summed E-state index contributed by atoms with van der Waals surface area (Å²) in [6.07, 6.45) is 1.37. The number of hydrogen-bond acceptors (Lipinski definition) is 7. The van der Waals surface area contributed by atoms with Crippen molar-refractivity contribution in [2.45, 2.75) is 19.8 Å². The van der Waals surface area contributed by atoms with Gasteiger partial charge in [-0.1, -0.05) is 6.07 Å². The second-order valence-corrected chi connectivity index (χ2v) is 8.86. The summed E-state index contributed by atoms with van der Waals surface area (Å²) in [5.41, 5.74) is 5.45. The minimum Gasteiger partial charge on any atom is -0.449 e. The molecule has 1 aromatic carbocycles. The molecule has 0 saturated carbocycles. The molecule has 0 spiro atoms. The zero-order valence-electron chi connectivity index (χ0n) is 17.9. The fraction of sp³-hybridized carbons (Fsp3) is 0.292. The van der Waals surface area contributed by atoms with Crippen LogP contribution in [0.15, 0.2) is 39.7 Å². The van der Waals surface area contributed by atoms with Crippen LogP contribution >= 0.6 is 11.6 Å². The molecule has 4 aromatic rings. The van der Waals surface area contributed by atoms with Crippen LogP contribution < -0.4 is 5.32 Å². The Hall–Kier alpha value is -3.36. The minimum absolute atomic E-state index is 0.235.